The Kier molecular flexibility index (Phi) is 3.83. The number of hydrogen-bond donors (Lipinski definition) is 3. The minimum absolute atomic E-state index is 0.167. The number of piperidine rings is 1. The molecule has 1 saturated heterocycles. The van der Waals surface area contributed by atoms with Gasteiger partial charge < -0.3 is 20.2 Å². The van der Waals surface area contributed by atoms with Crippen LogP contribution in [-0.4, -0.2) is 56.8 Å². The van der Waals surface area contributed by atoms with Crippen molar-refractivity contribution in [2.75, 3.05) is 6.54 Å². The van der Waals surface area contributed by atoms with Crippen LogP contribution in [0.3, 0.4) is 0 Å². The van der Waals surface area contributed by atoms with E-state index in [4.69, 9.17) is 15.3 Å². The van der Waals surface area contributed by atoms with Gasteiger partial charge in [0.05, 0.1) is 0 Å². The van der Waals surface area contributed by atoms with Gasteiger partial charge >= 0.3 is 11.9 Å². The zero-order valence-corrected chi connectivity index (χ0v) is 8.50. The van der Waals surface area contributed by atoms with E-state index in [2.05, 4.69) is 0 Å². The average molecular weight is 231 g/mol. The second kappa shape index (κ2) is 4.93. The molecule has 2 atom stereocenters. The molecule has 0 saturated carbocycles. The van der Waals surface area contributed by atoms with Gasteiger partial charge in [-0.05, 0) is 19.3 Å². The summed E-state index contributed by atoms with van der Waals surface area (Å²) in [6, 6.07) is -1.03. The highest BCUT2D eigenvalue weighted by Gasteiger charge is 2.37. The Balaban J connectivity index is 2.79. The van der Waals surface area contributed by atoms with E-state index < -0.39 is 30.0 Å². The van der Waals surface area contributed by atoms with Crippen molar-refractivity contribution in [2.45, 2.75) is 31.4 Å². The molecule has 0 spiro atoms. The van der Waals surface area contributed by atoms with Crippen LogP contribution in [0.25, 0.3) is 0 Å². The van der Waals surface area contributed by atoms with Gasteiger partial charge in [-0.15, -0.1) is 0 Å². The van der Waals surface area contributed by atoms with Crippen molar-refractivity contribution >= 4 is 17.8 Å². The second-order valence-corrected chi connectivity index (χ2v) is 3.62. The number of carboxylic acids is 2. The van der Waals surface area contributed by atoms with Gasteiger partial charge in [0, 0.05) is 6.54 Å². The fourth-order valence-electron chi connectivity index (χ4n) is 1.71. The van der Waals surface area contributed by atoms with E-state index in [9.17, 15) is 14.4 Å². The number of aliphatic hydroxyl groups is 1. The Morgan fingerprint density at radius 2 is 1.81 bits per heavy atom. The van der Waals surface area contributed by atoms with Crippen LogP contribution in [0.5, 0.6) is 0 Å². The van der Waals surface area contributed by atoms with E-state index in [1.165, 1.54) is 0 Å². The number of carbonyl (C=O) groups excluding carboxylic acids is 1. The molecule has 0 aromatic heterocycles. The van der Waals surface area contributed by atoms with Crippen LogP contribution in [0.1, 0.15) is 19.3 Å². The molecule has 0 radical (unpaired) electrons. The molecule has 1 aliphatic heterocycles. The van der Waals surface area contributed by atoms with Crippen molar-refractivity contribution in [3.63, 3.8) is 0 Å². The molecule has 1 rings (SSSR count). The smallest absolute Gasteiger partial charge is 0.342 e. The maximum absolute atomic E-state index is 11.5. The Labute approximate surface area is 91.3 Å². The molecule has 0 aliphatic carbocycles. The summed E-state index contributed by atoms with van der Waals surface area (Å²) in [7, 11) is 0. The molecule has 0 aromatic rings. The molecule has 1 amide bonds. The molecule has 3 N–H and O–H groups in total. The first-order chi connectivity index (χ1) is 7.45. The number of aliphatic carboxylic acids is 2. The molecule has 90 valence electrons. The number of amides is 1. The molecule has 16 heavy (non-hydrogen) atoms. The first-order valence-corrected chi connectivity index (χ1v) is 4.89. The molecule has 7 nitrogen and oxygen atoms in total. The summed E-state index contributed by atoms with van der Waals surface area (Å²) in [5.41, 5.74) is 0. The quantitative estimate of drug-likeness (QED) is 0.531. The van der Waals surface area contributed by atoms with Crippen LogP contribution < -0.4 is 0 Å². The number of nitrogens with zero attached hydrogens (tertiary/aromatic N) is 1. The lowest BCUT2D eigenvalue weighted by Crippen LogP contribution is -2.53. The monoisotopic (exact) mass is 231 g/mol. The molecule has 7 heteroatoms. The highest BCUT2D eigenvalue weighted by Crippen LogP contribution is 2.18. The summed E-state index contributed by atoms with van der Waals surface area (Å²) in [6.45, 7) is 0.167. The van der Waals surface area contributed by atoms with Gasteiger partial charge in [-0.1, -0.05) is 0 Å². The lowest BCUT2D eigenvalue weighted by atomic mass is 10.0. The third kappa shape index (κ3) is 2.48. The largest absolute Gasteiger partial charge is 0.480 e. The minimum atomic E-state index is -2.18. The van der Waals surface area contributed by atoms with E-state index in [0.29, 0.717) is 12.8 Å². The van der Waals surface area contributed by atoms with Crippen molar-refractivity contribution in [3.05, 3.63) is 0 Å². The maximum Gasteiger partial charge on any atom is 0.342 e. The standard InChI is InChI=1S/C9H13NO6/c11-6(9(15)16)7(12)10-4-2-1-3-5(10)8(13)14/h5-6,11H,1-4H2,(H,13,14)(H,15,16). The molecule has 1 heterocycles. The lowest BCUT2D eigenvalue weighted by Gasteiger charge is -2.33. The van der Waals surface area contributed by atoms with Gasteiger partial charge in [0.25, 0.3) is 5.91 Å². The summed E-state index contributed by atoms with van der Waals surface area (Å²) in [6.07, 6.45) is -0.612. The molecular weight excluding hydrogens is 218 g/mol. The lowest BCUT2D eigenvalue weighted by molar-refractivity contribution is -0.164. The van der Waals surface area contributed by atoms with Crippen LogP contribution in [0, 0.1) is 0 Å². The summed E-state index contributed by atoms with van der Waals surface area (Å²) < 4.78 is 0. The normalized spacial score (nSPS) is 22.6. The van der Waals surface area contributed by atoms with Crippen molar-refractivity contribution in [1.82, 2.24) is 4.90 Å². The van der Waals surface area contributed by atoms with Gasteiger partial charge in [-0.3, -0.25) is 4.79 Å². The minimum Gasteiger partial charge on any atom is -0.480 e. The predicted molar refractivity (Wildman–Crippen MR) is 50.6 cm³/mol. The van der Waals surface area contributed by atoms with Gasteiger partial charge in [0.15, 0.2) is 0 Å². The fraction of sp³-hybridized carbons (Fsp3) is 0.667. The zero-order chi connectivity index (χ0) is 12.3. The predicted octanol–water partition coefficient (Wildman–Crippen LogP) is -1.10. The number of hydrogen-bond acceptors (Lipinski definition) is 4. The van der Waals surface area contributed by atoms with Crippen LogP contribution in [0.4, 0.5) is 0 Å². The Morgan fingerprint density at radius 3 is 2.31 bits per heavy atom. The van der Waals surface area contributed by atoms with Gasteiger partial charge in [-0.25, -0.2) is 9.59 Å². The molecule has 2 unspecified atom stereocenters. The summed E-state index contributed by atoms with van der Waals surface area (Å²) in [4.78, 5) is 33.7. The first-order valence-electron chi connectivity index (χ1n) is 4.89. The number of rotatable bonds is 3. The van der Waals surface area contributed by atoms with Crippen molar-refractivity contribution in [2.24, 2.45) is 0 Å². The van der Waals surface area contributed by atoms with E-state index in [-0.39, 0.29) is 13.0 Å². The van der Waals surface area contributed by atoms with Gasteiger partial charge in [0.1, 0.15) is 6.04 Å². The van der Waals surface area contributed by atoms with Gasteiger partial charge in [0.2, 0.25) is 6.10 Å². The number of likely N-dealkylation sites (tertiary alicyclic amines) is 1. The van der Waals surface area contributed by atoms with Crippen molar-refractivity contribution in [3.8, 4) is 0 Å². The Bertz CT molecular complexity index is 315. The highest BCUT2D eigenvalue weighted by molar-refractivity contribution is 6.00. The third-order valence-corrected chi connectivity index (χ3v) is 2.54. The zero-order valence-electron chi connectivity index (χ0n) is 8.50. The Morgan fingerprint density at radius 1 is 1.19 bits per heavy atom. The fourth-order valence-corrected chi connectivity index (χ4v) is 1.71. The van der Waals surface area contributed by atoms with E-state index in [1.807, 2.05) is 0 Å². The summed E-state index contributed by atoms with van der Waals surface area (Å²) >= 11 is 0. The highest BCUT2D eigenvalue weighted by atomic mass is 16.4. The van der Waals surface area contributed by atoms with E-state index in [1.54, 1.807) is 0 Å². The maximum atomic E-state index is 11.5. The molecule has 1 aliphatic rings. The summed E-state index contributed by atoms with van der Waals surface area (Å²) in [5.74, 6) is -3.90. The van der Waals surface area contributed by atoms with Gasteiger partial charge in [-0.2, -0.15) is 0 Å². The van der Waals surface area contributed by atoms with Crippen LogP contribution in [0.15, 0.2) is 0 Å². The van der Waals surface area contributed by atoms with E-state index >= 15 is 0 Å². The number of carboxylic acid groups (broad SMARTS) is 2. The van der Waals surface area contributed by atoms with Crippen LogP contribution in [-0.2, 0) is 14.4 Å². The third-order valence-electron chi connectivity index (χ3n) is 2.54. The second-order valence-electron chi connectivity index (χ2n) is 3.62. The summed E-state index contributed by atoms with van der Waals surface area (Å²) in [5, 5.41) is 26.4. The number of aliphatic hydroxyl groups excluding tert-OH is 1. The molecule has 0 aromatic carbocycles. The molecule has 1 fully saturated rings. The first kappa shape index (κ1) is 12.4. The van der Waals surface area contributed by atoms with Crippen LogP contribution >= 0.6 is 0 Å². The van der Waals surface area contributed by atoms with Crippen molar-refractivity contribution in [1.29, 1.82) is 0 Å². The Hall–Kier alpha value is -1.63. The number of carbonyl (C=O) groups is 3. The topological polar surface area (TPSA) is 115 Å². The molecular formula is C9H13NO6. The van der Waals surface area contributed by atoms with Crippen LogP contribution in [0.2, 0.25) is 0 Å². The van der Waals surface area contributed by atoms with Crippen molar-refractivity contribution < 1.29 is 29.7 Å². The average Bonchev–Trinajstić information content (AvgIpc) is 2.26. The van der Waals surface area contributed by atoms with E-state index in [0.717, 1.165) is 4.90 Å². The molecule has 0 bridgehead atoms. The SMILES string of the molecule is O=C(O)C(O)C(=O)N1CCCCC1C(=O)O.